The van der Waals surface area contributed by atoms with E-state index in [9.17, 15) is 0 Å². The Morgan fingerprint density at radius 1 is 1.24 bits per heavy atom. The first-order valence-electron chi connectivity index (χ1n) is 7.28. The maximum atomic E-state index is 3.51. The van der Waals surface area contributed by atoms with E-state index < -0.39 is 0 Å². The standard InChI is InChI=1S/C14H31N3/c1-6-15-10-14(12(3)4)17-9-8-16(7-2)13(5)11-17/h12-15H,6-11H2,1-5H3. The van der Waals surface area contributed by atoms with E-state index in [-0.39, 0.29) is 0 Å². The number of hydrogen-bond donors (Lipinski definition) is 1. The van der Waals surface area contributed by atoms with Gasteiger partial charge in [0.15, 0.2) is 0 Å². The molecule has 1 N–H and O–H groups in total. The average molecular weight is 241 g/mol. The van der Waals surface area contributed by atoms with E-state index in [0.717, 1.165) is 19.0 Å². The third-order valence-corrected chi connectivity index (χ3v) is 4.04. The zero-order valence-corrected chi connectivity index (χ0v) is 12.4. The van der Waals surface area contributed by atoms with Gasteiger partial charge in [0.2, 0.25) is 0 Å². The fraction of sp³-hybridized carbons (Fsp3) is 1.00. The van der Waals surface area contributed by atoms with Crippen LogP contribution in [-0.4, -0.2) is 61.2 Å². The molecule has 2 unspecified atom stereocenters. The third-order valence-electron chi connectivity index (χ3n) is 4.04. The topological polar surface area (TPSA) is 18.5 Å². The zero-order chi connectivity index (χ0) is 12.8. The predicted molar refractivity (Wildman–Crippen MR) is 75.5 cm³/mol. The van der Waals surface area contributed by atoms with Crippen LogP contribution in [0.4, 0.5) is 0 Å². The summed E-state index contributed by atoms with van der Waals surface area (Å²) >= 11 is 0. The van der Waals surface area contributed by atoms with Crippen LogP contribution >= 0.6 is 0 Å². The minimum absolute atomic E-state index is 0.691. The number of likely N-dealkylation sites (N-methyl/N-ethyl adjacent to an activating group) is 2. The van der Waals surface area contributed by atoms with E-state index in [1.165, 1.54) is 26.2 Å². The second-order valence-electron chi connectivity index (χ2n) is 5.59. The molecule has 1 aliphatic rings. The molecule has 0 spiro atoms. The molecular formula is C14H31N3. The van der Waals surface area contributed by atoms with Gasteiger partial charge in [-0.05, 0) is 25.9 Å². The van der Waals surface area contributed by atoms with Crippen molar-refractivity contribution in [1.29, 1.82) is 0 Å². The molecule has 0 aromatic heterocycles. The predicted octanol–water partition coefficient (Wildman–Crippen LogP) is 1.65. The molecule has 17 heavy (non-hydrogen) atoms. The highest BCUT2D eigenvalue weighted by Gasteiger charge is 2.28. The summed E-state index contributed by atoms with van der Waals surface area (Å²) in [6, 6.07) is 1.40. The van der Waals surface area contributed by atoms with Crippen molar-refractivity contribution < 1.29 is 0 Å². The highest BCUT2D eigenvalue weighted by Crippen LogP contribution is 2.16. The van der Waals surface area contributed by atoms with Gasteiger partial charge in [-0.1, -0.05) is 27.7 Å². The monoisotopic (exact) mass is 241 g/mol. The fourth-order valence-corrected chi connectivity index (χ4v) is 2.87. The average Bonchev–Trinajstić information content (AvgIpc) is 2.29. The van der Waals surface area contributed by atoms with Crippen molar-refractivity contribution in [3.63, 3.8) is 0 Å². The maximum absolute atomic E-state index is 3.51. The van der Waals surface area contributed by atoms with Gasteiger partial charge >= 0.3 is 0 Å². The van der Waals surface area contributed by atoms with E-state index >= 15 is 0 Å². The van der Waals surface area contributed by atoms with Gasteiger partial charge in [-0.2, -0.15) is 0 Å². The molecule has 2 atom stereocenters. The molecule has 1 heterocycles. The van der Waals surface area contributed by atoms with Gasteiger partial charge in [0.1, 0.15) is 0 Å². The lowest BCUT2D eigenvalue weighted by atomic mass is 10.00. The second-order valence-corrected chi connectivity index (χ2v) is 5.59. The molecule has 3 heteroatoms. The van der Waals surface area contributed by atoms with E-state index in [1.807, 2.05) is 0 Å². The van der Waals surface area contributed by atoms with Crippen LogP contribution in [0.3, 0.4) is 0 Å². The molecule has 0 aromatic rings. The van der Waals surface area contributed by atoms with Crippen LogP contribution < -0.4 is 5.32 Å². The largest absolute Gasteiger partial charge is 0.315 e. The van der Waals surface area contributed by atoms with Gasteiger partial charge in [-0.25, -0.2) is 0 Å². The number of rotatable bonds is 6. The lowest BCUT2D eigenvalue weighted by molar-refractivity contribution is 0.0439. The van der Waals surface area contributed by atoms with Crippen LogP contribution in [0.5, 0.6) is 0 Å². The third kappa shape index (κ3) is 4.23. The quantitative estimate of drug-likeness (QED) is 0.763. The van der Waals surface area contributed by atoms with Gasteiger partial charge in [0.05, 0.1) is 0 Å². The molecule has 0 bridgehead atoms. The summed E-state index contributed by atoms with van der Waals surface area (Å²) in [5.41, 5.74) is 0. The zero-order valence-electron chi connectivity index (χ0n) is 12.4. The second kappa shape index (κ2) is 7.34. The summed E-state index contributed by atoms with van der Waals surface area (Å²) in [5.74, 6) is 0.731. The molecule has 3 nitrogen and oxygen atoms in total. The summed E-state index contributed by atoms with van der Waals surface area (Å²) in [6.45, 7) is 18.6. The summed E-state index contributed by atoms with van der Waals surface area (Å²) in [5, 5.41) is 3.51. The molecule has 1 aliphatic heterocycles. The van der Waals surface area contributed by atoms with Crippen molar-refractivity contribution in [1.82, 2.24) is 15.1 Å². The summed E-state index contributed by atoms with van der Waals surface area (Å²) in [6.07, 6.45) is 0. The van der Waals surface area contributed by atoms with Gasteiger partial charge in [-0.3, -0.25) is 9.80 Å². The molecule has 0 aromatic carbocycles. The van der Waals surface area contributed by atoms with Crippen LogP contribution in [0.2, 0.25) is 0 Å². The Labute approximate surface area is 108 Å². The normalized spacial score (nSPS) is 25.4. The maximum Gasteiger partial charge on any atom is 0.0244 e. The smallest absolute Gasteiger partial charge is 0.0244 e. The molecule has 0 saturated carbocycles. The Bertz CT molecular complexity index is 206. The van der Waals surface area contributed by atoms with Crippen LogP contribution in [0.1, 0.15) is 34.6 Å². The van der Waals surface area contributed by atoms with Gasteiger partial charge in [0.25, 0.3) is 0 Å². The van der Waals surface area contributed by atoms with Crippen molar-refractivity contribution in [2.45, 2.75) is 46.7 Å². The minimum atomic E-state index is 0.691. The highest BCUT2D eigenvalue weighted by molar-refractivity contribution is 4.85. The van der Waals surface area contributed by atoms with Crippen LogP contribution in [-0.2, 0) is 0 Å². The van der Waals surface area contributed by atoms with Gasteiger partial charge in [-0.15, -0.1) is 0 Å². The Kier molecular flexibility index (Phi) is 6.45. The minimum Gasteiger partial charge on any atom is -0.315 e. The summed E-state index contributed by atoms with van der Waals surface area (Å²) in [7, 11) is 0. The van der Waals surface area contributed by atoms with Crippen molar-refractivity contribution in [3.05, 3.63) is 0 Å². The first-order valence-corrected chi connectivity index (χ1v) is 7.28. The van der Waals surface area contributed by atoms with Gasteiger partial charge in [0, 0.05) is 38.3 Å². The Hall–Kier alpha value is -0.120. The summed E-state index contributed by atoms with van der Waals surface area (Å²) < 4.78 is 0. The van der Waals surface area contributed by atoms with Crippen molar-refractivity contribution in [2.75, 3.05) is 39.3 Å². The van der Waals surface area contributed by atoms with Crippen LogP contribution in [0.15, 0.2) is 0 Å². The molecule has 0 amide bonds. The number of nitrogens with zero attached hydrogens (tertiary/aromatic N) is 2. The van der Waals surface area contributed by atoms with E-state index in [0.29, 0.717) is 12.1 Å². The Morgan fingerprint density at radius 2 is 1.94 bits per heavy atom. The Balaban J connectivity index is 2.52. The van der Waals surface area contributed by atoms with E-state index in [1.54, 1.807) is 0 Å². The van der Waals surface area contributed by atoms with E-state index in [4.69, 9.17) is 0 Å². The molecule has 102 valence electrons. The SMILES string of the molecule is CCNCC(C(C)C)N1CCN(CC)C(C)C1. The summed E-state index contributed by atoms with van der Waals surface area (Å²) in [4.78, 5) is 5.27. The lowest BCUT2D eigenvalue weighted by Gasteiger charge is -2.44. The molecular weight excluding hydrogens is 210 g/mol. The molecule has 0 aliphatic carbocycles. The highest BCUT2D eigenvalue weighted by atomic mass is 15.3. The number of hydrogen-bond acceptors (Lipinski definition) is 3. The van der Waals surface area contributed by atoms with E-state index in [2.05, 4.69) is 49.7 Å². The fourth-order valence-electron chi connectivity index (χ4n) is 2.87. The number of nitrogens with one attached hydrogen (secondary N) is 1. The van der Waals surface area contributed by atoms with Gasteiger partial charge < -0.3 is 5.32 Å². The molecule has 1 saturated heterocycles. The molecule has 1 fully saturated rings. The van der Waals surface area contributed by atoms with Crippen molar-refractivity contribution in [3.8, 4) is 0 Å². The lowest BCUT2D eigenvalue weighted by Crippen LogP contribution is -2.57. The molecule has 1 rings (SSSR count). The number of piperazine rings is 1. The van der Waals surface area contributed by atoms with Crippen LogP contribution in [0.25, 0.3) is 0 Å². The first kappa shape index (κ1) is 14.9. The van der Waals surface area contributed by atoms with Crippen molar-refractivity contribution >= 4 is 0 Å². The first-order chi connectivity index (χ1) is 8.10. The molecule has 0 radical (unpaired) electrons. The van der Waals surface area contributed by atoms with Crippen molar-refractivity contribution in [2.24, 2.45) is 5.92 Å². The Morgan fingerprint density at radius 3 is 2.41 bits per heavy atom. The van der Waals surface area contributed by atoms with Crippen LogP contribution in [0, 0.1) is 5.92 Å².